The molecule has 1 saturated heterocycles. The van der Waals surface area contributed by atoms with Crippen molar-refractivity contribution in [2.75, 3.05) is 54.0 Å². The maximum absolute atomic E-state index is 12.8. The summed E-state index contributed by atoms with van der Waals surface area (Å²) in [5, 5.41) is 12.0. The van der Waals surface area contributed by atoms with E-state index in [1.54, 1.807) is 19.1 Å². The van der Waals surface area contributed by atoms with E-state index in [9.17, 15) is 4.79 Å². The molecule has 0 aliphatic carbocycles. The monoisotopic (exact) mass is 612 g/mol. The Balaban J connectivity index is 0.00000132. The molecule has 5 N–H and O–H groups in total. The zero-order valence-corrected chi connectivity index (χ0v) is 26.8. The number of hydrogen-bond acceptors (Lipinski definition) is 9. The first-order valence-corrected chi connectivity index (χ1v) is 14.3. The topological polar surface area (TPSA) is 133 Å². The third kappa shape index (κ3) is 15.9. The number of hydrazine groups is 1. The Morgan fingerprint density at radius 3 is 2.09 bits per heavy atom. The summed E-state index contributed by atoms with van der Waals surface area (Å²) in [6, 6.07) is 15.6. The summed E-state index contributed by atoms with van der Waals surface area (Å²) >= 11 is 0. The number of carbonyl (C=O) groups is 2. The third-order valence-electron chi connectivity index (χ3n) is 6.25. The fraction of sp³-hybridized carbons (Fsp3) is 0.394. The minimum atomic E-state index is -0.298. The number of ether oxygens (including phenoxy) is 2. The Kier molecular flexibility index (Phi) is 22.0. The molecule has 44 heavy (non-hydrogen) atoms. The molecule has 1 unspecified atom stereocenters. The molecule has 0 spiro atoms. The Morgan fingerprint density at radius 2 is 1.61 bits per heavy atom. The van der Waals surface area contributed by atoms with Crippen LogP contribution < -0.4 is 25.9 Å². The van der Waals surface area contributed by atoms with Gasteiger partial charge in [-0.2, -0.15) is 0 Å². The molecule has 244 valence electrons. The van der Waals surface area contributed by atoms with Gasteiger partial charge in [0.05, 0.1) is 40.0 Å². The van der Waals surface area contributed by atoms with Crippen LogP contribution in [0.3, 0.4) is 0 Å². The molecule has 1 heterocycles. The highest BCUT2D eigenvalue weighted by Crippen LogP contribution is 2.18. The van der Waals surface area contributed by atoms with E-state index in [-0.39, 0.29) is 25.1 Å². The largest absolute Gasteiger partial charge is 0.497 e. The molecular formula is C33H52N6O5. The summed E-state index contributed by atoms with van der Waals surface area (Å²) in [5.74, 6) is 1.67. The molecule has 2 aromatic carbocycles. The molecule has 1 amide bonds. The van der Waals surface area contributed by atoms with Crippen molar-refractivity contribution in [1.29, 1.82) is 0 Å². The number of benzene rings is 2. The van der Waals surface area contributed by atoms with Crippen LogP contribution in [0.1, 0.15) is 24.5 Å². The van der Waals surface area contributed by atoms with Crippen molar-refractivity contribution >= 4 is 12.4 Å². The maximum Gasteiger partial charge on any atom is 0.290 e. The lowest BCUT2D eigenvalue weighted by Crippen LogP contribution is -2.59. The van der Waals surface area contributed by atoms with Crippen molar-refractivity contribution in [3.8, 4) is 11.5 Å². The Hall–Kier alpha value is -4.16. The average Bonchev–Trinajstić information content (AvgIpc) is 3.04. The van der Waals surface area contributed by atoms with E-state index in [4.69, 9.17) is 25.1 Å². The van der Waals surface area contributed by atoms with Crippen LogP contribution in [0.2, 0.25) is 0 Å². The van der Waals surface area contributed by atoms with Crippen molar-refractivity contribution in [2.45, 2.75) is 32.6 Å². The van der Waals surface area contributed by atoms with E-state index in [1.807, 2.05) is 71.6 Å². The van der Waals surface area contributed by atoms with E-state index < -0.39 is 0 Å². The zero-order chi connectivity index (χ0) is 33.3. The molecule has 3 rings (SSSR count). The standard InChI is InChI=1S/C24H33N5O3.C6H13N.C2H4.CH2O2/c1-18(14-27(2)26-13-19-5-9-21(31-3)10-6-19)29-17-24(30)28(16-23(29)25)15-20-7-11-22(32-4)12-8-20;1-3-5-7-6-4-2;1-2;2-1-3/h5-12,23,26H,1,13-17,25H2,2-4H3;3,7H,1,4-6H2,2H3;1-2H2;1H,(H,2,3). The quantitative estimate of drug-likeness (QED) is 0.109. The molecule has 2 aromatic rings. The van der Waals surface area contributed by atoms with E-state index in [0.717, 1.165) is 41.4 Å². The smallest absolute Gasteiger partial charge is 0.290 e. The molecular weight excluding hydrogens is 560 g/mol. The van der Waals surface area contributed by atoms with Crippen LogP contribution in [0.25, 0.3) is 0 Å². The van der Waals surface area contributed by atoms with Crippen molar-refractivity contribution < 1.29 is 24.2 Å². The normalized spacial score (nSPS) is 13.7. The minimum absolute atomic E-state index is 0.0394. The van der Waals surface area contributed by atoms with Crippen molar-refractivity contribution in [3.63, 3.8) is 0 Å². The molecule has 1 aliphatic rings. The fourth-order valence-electron chi connectivity index (χ4n) is 4.01. The lowest BCUT2D eigenvalue weighted by Gasteiger charge is -2.42. The van der Waals surface area contributed by atoms with Crippen molar-refractivity contribution in [3.05, 3.63) is 97.7 Å². The van der Waals surface area contributed by atoms with E-state index in [0.29, 0.717) is 26.2 Å². The Labute approximate surface area is 263 Å². The fourth-order valence-corrected chi connectivity index (χ4v) is 4.01. The van der Waals surface area contributed by atoms with Gasteiger partial charge in [-0.15, -0.1) is 19.7 Å². The first-order valence-electron chi connectivity index (χ1n) is 14.3. The lowest BCUT2D eigenvalue weighted by molar-refractivity contribution is -0.138. The van der Waals surface area contributed by atoms with Gasteiger partial charge in [-0.1, -0.05) is 43.8 Å². The number of nitrogens with two attached hydrogens (primary N) is 1. The molecule has 0 saturated carbocycles. The second-order valence-corrected chi connectivity index (χ2v) is 9.52. The van der Waals surface area contributed by atoms with Gasteiger partial charge in [0.2, 0.25) is 5.91 Å². The number of likely N-dealkylation sites (N-methyl/N-ethyl adjacent to an activating group) is 1. The summed E-state index contributed by atoms with van der Waals surface area (Å²) in [5.41, 5.74) is 12.7. The lowest BCUT2D eigenvalue weighted by atomic mass is 10.1. The first kappa shape index (κ1) is 39.8. The number of carboxylic acid groups (broad SMARTS) is 1. The van der Waals surface area contributed by atoms with Gasteiger partial charge in [0, 0.05) is 32.4 Å². The molecule has 1 fully saturated rings. The van der Waals surface area contributed by atoms with Crippen LogP contribution in [0.5, 0.6) is 11.5 Å². The van der Waals surface area contributed by atoms with Gasteiger partial charge in [0.1, 0.15) is 11.5 Å². The van der Waals surface area contributed by atoms with Crippen molar-refractivity contribution in [2.24, 2.45) is 5.73 Å². The molecule has 11 nitrogen and oxygen atoms in total. The molecule has 0 aromatic heterocycles. The van der Waals surface area contributed by atoms with Crippen LogP contribution >= 0.6 is 0 Å². The third-order valence-corrected chi connectivity index (χ3v) is 6.25. The number of amides is 1. The first-order chi connectivity index (χ1) is 21.2. The average molecular weight is 613 g/mol. The van der Waals surface area contributed by atoms with Gasteiger partial charge in [-0.05, 0) is 48.4 Å². The molecule has 1 aliphatic heterocycles. The highest BCUT2D eigenvalue weighted by atomic mass is 16.5. The molecule has 0 radical (unpaired) electrons. The number of carbonyl (C=O) groups excluding carboxylic acids is 1. The van der Waals surface area contributed by atoms with Crippen molar-refractivity contribution in [1.82, 2.24) is 25.6 Å². The number of piperazine rings is 1. The predicted molar refractivity (Wildman–Crippen MR) is 178 cm³/mol. The van der Waals surface area contributed by atoms with Gasteiger partial charge in [-0.25, -0.2) is 5.01 Å². The Morgan fingerprint density at radius 1 is 1.09 bits per heavy atom. The van der Waals surface area contributed by atoms with Gasteiger partial charge < -0.3 is 35.4 Å². The molecule has 11 heteroatoms. The zero-order valence-electron chi connectivity index (χ0n) is 26.8. The maximum atomic E-state index is 12.8. The van der Waals surface area contributed by atoms with Crippen LogP contribution in [-0.4, -0.2) is 92.5 Å². The second kappa shape index (κ2) is 24.3. The van der Waals surface area contributed by atoms with Crippen LogP contribution in [0.4, 0.5) is 0 Å². The number of nitrogens with one attached hydrogen (secondary N) is 2. The predicted octanol–water partition coefficient (Wildman–Crippen LogP) is 3.46. The van der Waals surface area contributed by atoms with Crippen LogP contribution in [0.15, 0.2) is 86.6 Å². The molecule has 1 atom stereocenters. The number of nitrogens with zero attached hydrogens (tertiary/aromatic N) is 3. The van der Waals surface area contributed by atoms with Crippen LogP contribution in [-0.2, 0) is 22.7 Å². The summed E-state index contributed by atoms with van der Waals surface area (Å²) < 4.78 is 10.4. The number of methoxy groups -OCH3 is 2. The SMILES string of the molecule is C=C.C=C(CN(C)NCc1ccc(OC)cc1)N1CC(=O)N(Cc2ccc(OC)cc2)CC1N.C=CCNCCC.O=CO. The van der Waals surface area contributed by atoms with Gasteiger partial charge in [-0.3, -0.25) is 15.0 Å². The number of hydrogen-bond donors (Lipinski definition) is 4. The summed E-state index contributed by atoms with van der Waals surface area (Å²) in [7, 11) is 5.23. The van der Waals surface area contributed by atoms with Gasteiger partial charge >= 0.3 is 0 Å². The van der Waals surface area contributed by atoms with Gasteiger partial charge in [0.25, 0.3) is 6.47 Å². The van der Waals surface area contributed by atoms with E-state index in [1.165, 1.54) is 6.42 Å². The van der Waals surface area contributed by atoms with E-state index in [2.05, 4.69) is 44.0 Å². The second-order valence-electron chi connectivity index (χ2n) is 9.52. The highest BCUT2D eigenvalue weighted by Gasteiger charge is 2.30. The number of rotatable bonds is 14. The summed E-state index contributed by atoms with van der Waals surface area (Å²) in [6.07, 6.45) is 2.78. The summed E-state index contributed by atoms with van der Waals surface area (Å²) in [4.78, 5) is 24.8. The minimum Gasteiger partial charge on any atom is -0.497 e. The van der Waals surface area contributed by atoms with E-state index >= 15 is 0 Å². The highest BCUT2D eigenvalue weighted by molar-refractivity contribution is 5.79. The molecule has 0 bridgehead atoms. The summed E-state index contributed by atoms with van der Waals surface area (Å²) in [6.45, 7) is 20.1. The van der Waals surface area contributed by atoms with Crippen LogP contribution in [0, 0.1) is 0 Å². The van der Waals surface area contributed by atoms with Gasteiger partial charge in [0.15, 0.2) is 0 Å². The Bertz CT molecular complexity index is 1080.